The van der Waals surface area contributed by atoms with Gasteiger partial charge in [0, 0.05) is 12.1 Å². The number of Topliss-reactive ketones (excluding diaryl/α,β-unsaturated/α-hetero) is 1. The summed E-state index contributed by atoms with van der Waals surface area (Å²) < 4.78 is 5.83. The van der Waals surface area contributed by atoms with Gasteiger partial charge in [-0.25, -0.2) is 0 Å². The van der Waals surface area contributed by atoms with Crippen molar-refractivity contribution in [2.75, 3.05) is 33.8 Å². The van der Waals surface area contributed by atoms with Crippen LogP contribution in [-0.4, -0.2) is 60.4 Å². The molecule has 1 N–H and O–H groups in total. The first kappa shape index (κ1) is 27.1. The minimum absolute atomic E-state index is 0.0356. The number of rotatable bonds is 9. The van der Waals surface area contributed by atoms with E-state index in [-0.39, 0.29) is 11.3 Å². The number of hydrogen-bond donors (Lipinski definition) is 1. The maximum absolute atomic E-state index is 13.2. The topological polar surface area (TPSA) is 70.1 Å². The van der Waals surface area contributed by atoms with Gasteiger partial charge in [-0.15, -0.1) is 0 Å². The third-order valence-electron chi connectivity index (χ3n) is 5.82. The summed E-state index contributed by atoms with van der Waals surface area (Å²) in [5.41, 5.74) is 1.91. The number of benzene rings is 2. The van der Waals surface area contributed by atoms with Gasteiger partial charge in [0.05, 0.1) is 28.3 Å². The average Bonchev–Trinajstić information content (AvgIpc) is 3.04. The van der Waals surface area contributed by atoms with Gasteiger partial charge in [-0.2, -0.15) is 0 Å². The largest absolute Gasteiger partial charge is 0.507 e. The highest BCUT2D eigenvalue weighted by atomic mass is 35.5. The van der Waals surface area contributed by atoms with Gasteiger partial charge in [0.25, 0.3) is 11.7 Å². The van der Waals surface area contributed by atoms with Crippen molar-refractivity contribution in [2.45, 2.75) is 33.2 Å². The molecule has 0 saturated carbocycles. The van der Waals surface area contributed by atoms with Crippen LogP contribution < -0.4 is 4.74 Å². The molecular weight excluding hydrogens is 487 g/mol. The van der Waals surface area contributed by atoms with Crippen LogP contribution in [0, 0.1) is 12.8 Å². The molecule has 0 aliphatic carbocycles. The summed E-state index contributed by atoms with van der Waals surface area (Å²) in [6.45, 7) is 7.68. The van der Waals surface area contributed by atoms with E-state index >= 15 is 0 Å². The number of aliphatic hydroxyl groups excluding tert-OH is 1. The van der Waals surface area contributed by atoms with E-state index in [0.29, 0.717) is 52.4 Å². The third-order valence-corrected chi connectivity index (χ3v) is 6.56. The van der Waals surface area contributed by atoms with Crippen LogP contribution in [-0.2, 0) is 9.59 Å². The molecule has 188 valence electrons. The molecule has 1 aliphatic rings. The standard InChI is InChI=1S/C27H32Cl2N2O4/c1-16(2)15-35-22-10-8-19(13-17(22)3)25(32)23-24(18-7-9-20(28)21(29)14-18)31(27(34)26(23)33)12-6-11-30(4)5/h7-10,13-14,16,24,32H,6,11-12,15H2,1-5H3/b25-23-. The van der Waals surface area contributed by atoms with Crippen LogP contribution in [0.1, 0.15) is 43.0 Å². The number of likely N-dealkylation sites (tertiary alicyclic amines) is 1. The Morgan fingerprint density at radius 3 is 2.43 bits per heavy atom. The second kappa shape index (κ2) is 11.5. The first-order valence-corrected chi connectivity index (χ1v) is 12.4. The lowest BCUT2D eigenvalue weighted by atomic mass is 9.94. The molecule has 0 radical (unpaired) electrons. The van der Waals surface area contributed by atoms with Crippen LogP contribution in [0.3, 0.4) is 0 Å². The highest BCUT2D eigenvalue weighted by molar-refractivity contribution is 6.46. The minimum atomic E-state index is -0.774. The van der Waals surface area contributed by atoms with Crippen molar-refractivity contribution in [3.8, 4) is 5.75 Å². The van der Waals surface area contributed by atoms with E-state index in [1.807, 2.05) is 25.9 Å². The first-order valence-electron chi connectivity index (χ1n) is 11.6. The van der Waals surface area contributed by atoms with Crippen LogP contribution in [0.15, 0.2) is 42.0 Å². The van der Waals surface area contributed by atoms with Crippen molar-refractivity contribution < 1.29 is 19.4 Å². The van der Waals surface area contributed by atoms with Gasteiger partial charge >= 0.3 is 0 Å². The van der Waals surface area contributed by atoms with E-state index in [9.17, 15) is 14.7 Å². The fraction of sp³-hybridized carbons (Fsp3) is 0.407. The molecule has 1 fully saturated rings. The van der Waals surface area contributed by atoms with Crippen molar-refractivity contribution >= 4 is 40.7 Å². The van der Waals surface area contributed by atoms with E-state index in [1.54, 1.807) is 36.4 Å². The summed E-state index contributed by atoms with van der Waals surface area (Å²) in [4.78, 5) is 29.8. The van der Waals surface area contributed by atoms with Crippen molar-refractivity contribution in [1.82, 2.24) is 9.80 Å². The van der Waals surface area contributed by atoms with Gasteiger partial charge in [-0.05, 0) is 81.4 Å². The number of carbonyl (C=O) groups is 2. The molecule has 6 nitrogen and oxygen atoms in total. The maximum atomic E-state index is 13.2. The second-order valence-electron chi connectivity index (χ2n) is 9.51. The summed E-state index contributed by atoms with van der Waals surface area (Å²) in [6.07, 6.45) is 0.666. The predicted octanol–water partition coefficient (Wildman–Crippen LogP) is 5.71. The summed E-state index contributed by atoms with van der Waals surface area (Å²) in [5.74, 6) is -0.512. The quantitative estimate of drug-likeness (QED) is 0.261. The number of aryl methyl sites for hydroxylation is 1. The molecular formula is C27H32Cl2N2O4. The number of ether oxygens (including phenoxy) is 1. The summed E-state index contributed by atoms with van der Waals surface area (Å²) in [5, 5.41) is 12.0. The van der Waals surface area contributed by atoms with E-state index in [2.05, 4.69) is 13.8 Å². The molecule has 0 spiro atoms. The lowest BCUT2D eigenvalue weighted by Gasteiger charge is -2.26. The molecule has 1 amide bonds. The summed E-state index contributed by atoms with van der Waals surface area (Å²) >= 11 is 12.4. The fourth-order valence-corrected chi connectivity index (χ4v) is 4.37. The van der Waals surface area contributed by atoms with E-state index in [0.717, 1.165) is 12.1 Å². The van der Waals surface area contributed by atoms with Gasteiger partial charge in [-0.1, -0.05) is 43.1 Å². The zero-order valence-electron chi connectivity index (χ0n) is 20.8. The molecule has 2 aromatic rings. The smallest absolute Gasteiger partial charge is 0.295 e. The maximum Gasteiger partial charge on any atom is 0.295 e. The van der Waals surface area contributed by atoms with Gasteiger partial charge in [0.15, 0.2) is 0 Å². The Bertz CT molecular complexity index is 1140. The highest BCUT2D eigenvalue weighted by Crippen LogP contribution is 2.41. The summed E-state index contributed by atoms with van der Waals surface area (Å²) in [6, 6.07) is 9.45. The monoisotopic (exact) mass is 518 g/mol. The lowest BCUT2D eigenvalue weighted by Crippen LogP contribution is -2.32. The van der Waals surface area contributed by atoms with E-state index < -0.39 is 17.7 Å². The Balaban J connectivity index is 2.07. The SMILES string of the molecule is Cc1cc(/C(O)=C2/C(=O)C(=O)N(CCCN(C)C)C2c2ccc(Cl)c(Cl)c2)ccc1OCC(C)C. The zero-order chi connectivity index (χ0) is 25.9. The van der Waals surface area contributed by atoms with E-state index in [4.69, 9.17) is 27.9 Å². The Hall–Kier alpha value is -2.54. The number of nitrogens with zero attached hydrogens (tertiary/aromatic N) is 2. The van der Waals surface area contributed by atoms with E-state index in [1.165, 1.54) is 4.90 Å². The van der Waals surface area contributed by atoms with Crippen LogP contribution in [0.4, 0.5) is 0 Å². The molecule has 0 aromatic heterocycles. The molecule has 1 saturated heterocycles. The molecule has 8 heteroatoms. The van der Waals surface area contributed by atoms with Gasteiger partial charge < -0.3 is 19.6 Å². The zero-order valence-corrected chi connectivity index (χ0v) is 22.3. The van der Waals surface area contributed by atoms with Gasteiger partial charge in [-0.3, -0.25) is 9.59 Å². The number of carbonyl (C=O) groups excluding carboxylic acids is 2. The number of halogens is 2. The highest BCUT2D eigenvalue weighted by Gasteiger charge is 2.46. The third kappa shape index (κ3) is 6.18. The minimum Gasteiger partial charge on any atom is -0.507 e. The number of amides is 1. The molecule has 1 heterocycles. The Kier molecular flexibility index (Phi) is 8.86. The number of ketones is 1. The lowest BCUT2D eigenvalue weighted by molar-refractivity contribution is -0.139. The number of hydrogen-bond acceptors (Lipinski definition) is 5. The summed E-state index contributed by atoms with van der Waals surface area (Å²) in [7, 11) is 3.89. The van der Waals surface area contributed by atoms with Gasteiger partial charge in [0.2, 0.25) is 0 Å². The second-order valence-corrected chi connectivity index (χ2v) is 10.3. The Morgan fingerprint density at radius 2 is 1.83 bits per heavy atom. The molecule has 1 aliphatic heterocycles. The van der Waals surface area contributed by atoms with Crippen molar-refractivity contribution in [1.29, 1.82) is 0 Å². The Morgan fingerprint density at radius 1 is 1.11 bits per heavy atom. The van der Waals surface area contributed by atoms with Crippen molar-refractivity contribution in [3.63, 3.8) is 0 Å². The van der Waals surface area contributed by atoms with Crippen LogP contribution >= 0.6 is 23.2 Å². The average molecular weight is 519 g/mol. The molecule has 0 bridgehead atoms. The molecule has 1 unspecified atom stereocenters. The number of aliphatic hydroxyl groups is 1. The molecule has 35 heavy (non-hydrogen) atoms. The fourth-order valence-electron chi connectivity index (χ4n) is 4.07. The predicted molar refractivity (Wildman–Crippen MR) is 140 cm³/mol. The van der Waals surface area contributed by atoms with Crippen molar-refractivity contribution in [3.05, 3.63) is 68.7 Å². The van der Waals surface area contributed by atoms with Crippen LogP contribution in [0.2, 0.25) is 10.0 Å². The van der Waals surface area contributed by atoms with Crippen molar-refractivity contribution in [2.24, 2.45) is 5.92 Å². The van der Waals surface area contributed by atoms with Gasteiger partial charge in [0.1, 0.15) is 11.5 Å². The Labute approximate surface area is 217 Å². The molecule has 2 aromatic carbocycles. The normalized spacial score (nSPS) is 17.6. The molecule has 3 rings (SSSR count). The van der Waals surface area contributed by atoms with Crippen LogP contribution in [0.25, 0.3) is 5.76 Å². The molecule has 1 atom stereocenters. The first-order chi connectivity index (χ1) is 16.5. The van der Waals surface area contributed by atoms with Crippen LogP contribution in [0.5, 0.6) is 5.75 Å².